The normalized spacial score (nSPS) is 11.4. The number of carbonyl (C=O) groups is 1. The molecule has 17 heavy (non-hydrogen) atoms. The third-order valence-electron chi connectivity index (χ3n) is 2.55. The summed E-state index contributed by atoms with van der Waals surface area (Å²) >= 11 is 5.19. The van der Waals surface area contributed by atoms with Crippen molar-refractivity contribution >= 4 is 33.2 Å². The van der Waals surface area contributed by atoms with Crippen molar-refractivity contribution in [1.29, 1.82) is 0 Å². The third-order valence-corrected chi connectivity index (χ3v) is 4.16. The molecule has 0 fully saturated rings. The molecule has 1 heterocycles. The first kappa shape index (κ1) is 14.7. The van der Waals surface area contributed by atoms with Crippen molar-refractivity contribution in [2.75, 3.05) is 6.54 Å². The number of nitrogens with zero attached hydrogens (tertiary/aromatic N) is 1. The molecule has 0 atom stereocenters. The van der Waals surface area contributed by atoms with Crippen LogP contribution in [0.4, 0.5) is 0 Å². The van der Waals surface area contributed by atoms with Crippen LogP contribution in [0.3, 0.4) is 0 Å². The first-order valence-corrected chi connectivity index (χ1v) is 7.30. The molecule has 0 aliphatic heterocycles. The predicted octanol–water partition coefficient (Wildman–Crippen LogP) is 3.59. The maximum absolute atomic E-state index is 10.5. The number of thiophene rings is 1. The van der Waals surface area contributed by atoms with Gasteiger partial charge in [-0.1, -0.05) is 0 Å². The Morgan fingerprint density at radius 1 is 1.53 bits per heavy atom. The molecule has 1 aromatic heterocycles. The monoisotopic (exact) mass is 319 g/mol. The van der Waals surface area contributed by atoms with Gasteiger partial charge in [0.1, 0.15) is 0 Å². The Morgan fingerprint density at radius 2 is 2.24 bits per heavy atom. The maximum atomic E-state index is 10.5. The summed E-state index contributed by atoms with van der Waals surface area (Å²) in [5.74, 6) is -0.715. The number of aliphatic carboxylic acids is 1. The van der Waals surface area contributed by atoms with Crippen molar-refractivity contribution in [3.05, 3.63) is 20.8 Å². The summed E-state index contributed by atoms with van der Waals surface area (Å²) in [4.78, 5) is 14.1. The van der Waals surface area contributed by atoms with Gasteiger partial charge in [-0.05, 0) is 54.9 Å². The molecule has 0 aliphatic rings. The summed E-state index contributed by atoms with van der Waals surface area (Å²) < 4.78 is 1.14. The average Bonchev–Trinajstić information content (AvgIpc) is 2.62. The molecule has 3 nitrogen and oxygen atoms in total. The number of halogens is 1. The highest BCUT2D eigenvalue weighted by Gasteiger charge is 2.11. The van der Waals surface area contributed by atoms with Gasteiger partial charge in [0, 0.05) is 23.9 Å². The van der Waals surface area contributed by atoms with Gasteiger partial charge in [0.05, 0.1) is 3.79 Å². The van der Waals surface area contributed by atoms with Gasteiger partial charge in [-0.25, -0.2) is 0 Å². The van der Waals surface area contributed by atoms with E-state index in [1.54, 1.807) is 11.3 Å². The molecular formula is C12H18BrNO2S. The maximum Gasteiger partial charge on any atom is 0.303 e. The summed E-state index contributed by atoms with van der Waals surface area (Å²) in [7, 11) is 0. The lowest BCUT2D eigenvalue weighted by Gasteiger charge is -2.25. The summed E-state index contributed by atoms with van der Waals surface area (Å²) in [6, 6.07) is 4.60. The van der Waals surface area contributed by atoms with E-state index in [1.807, 2.05) is 0 Å². The molecule has 0 spiro atoms. The quantitative estimate of drug-likeness (QED) is 0.835. The van der Waals surface area contributed by atoms with Crippen molar-refractivity contribution in [3.8, 4) is 0 Å². The fourth-order valence-electron chi connectivity index (χ4n) is 1.59. The number of carboxylic acids is 1. The van der Waals surface area contributed by atoms with E-state index in [2.05, 4.69) is 46.8 Å². The molecule has 5 heteroatoms. The Hall–Kier alpha value is -0.390. The second-order valence-corrected chi connectivity index (χ2v) is 6.81. The minimum atomic E-state index is -0.715. The molecule has 0 radical (unpaired) electrons. The van der Waals surface area contributed by atoms with Gasteiger partial charge in [0.25, 0.3) is 0 Å². The minimum absolute atomic E-state index is 0.247. The summed E-state index contributed by atoms with van der Waals surface area (Å²) in [5.41, 5.74) is 0. The minimum Gasteiger partial charge on any atom is -0.481 e. The van der Waals surface area contributed by atoms with E-state index in [-0.39, 0.29) is 6.42 Å². The van der Waals surface area contributed by atoms with Crippen LogP contribution in [0.15, 0.2) is 15.9 Å². The molecule has 0 bridgehead atoms. The fraction of sp³-hybridized carbons (Fsp3) is 0.583. The fourth-order valence-corrected chi connectivity index (χ4v) is 3.10. The molecule has 1 aromatic rings. The number of hydrogen-bond donors (Lipinski definition) is 1. The summed E-state index contributed by atoms with van der Waals surface area (Å²) in [6.45, 7) is 6.01. The largest absolute Gasteiger partial charge is 0.481 e. The number of carboxylic acid groups (broad SMARTS) is 1. The van der Waals surface area contributed by atoms with Crippen LogP contribution in [0.2, 0.25) is 0 Å². The highest BCUT2D eigenvalue weighted by molar-refractivity contribution is 9.11. The lowest BCUT2D eigenvalue weighted by molar-refractivity contribution is -0.137. The third kappa shape index (κ3) is 5.66. The first-order chi connectivity index (χ1) is 7.99. The predicted molar refractivity (Wildman–Crippen MR) is 74.4 cm³/mol. The van der Waals surface area contributed by atoms with Gasteiger partial charge in [0.15, 0.2) is 0 Å². The van der Waals surface area contributed by atoms with Crippen LogP contribution in [0.5, 0.6) is 0 Å². The molecular weight excluding hydrogens is 302 g/mol. The van der Waals surface area contributed by atoms with Gasteiger partial charge < -0.3 is 5.11 Å². The van der Waals surface area contributed by atoms with Crippen molar-refractivity contribution in [2.45, 2.75) is 39.3 Å². The van der Waals surface area contributed by atoms with Crippen LogP contribution in [-0.2, 0) is 11.3 Å². The van der Waals surface area contributed by atoms with Crippen LogP contribution in [-0.4, -0.2) is 28.6 Å². The Morgan fingerprint density at radius 3 is 2.71 bits per heavy atom. The van der Waals surface area contributed by atoms with Crippen molar-refractivity contribution in [1.82, 2.24) is 4.90 Å². The molecule has 0 unspecified atom stereocenters. The van der Waals surface area contributed by atoms with Crippen molar-refractivity contribution in [2.24, 2.45) is 0 Å². The second kappa shape index (κ2) is 7.13. The highest BCUT2D eigenvalue weighted by Crippen LogP contribution is 2.24. The molecule has 0 amide bonds. The van der Waals surface area contributed by atoms with E-state index in [0.717, 1.165) is 16.9 Å². The Bertz CT molecular complexity index is 365. The second-order valence-electron chi connectivity index (χ2n) is 4.27. The summed E-state index contributed by atoms with van der Waals surface area (Å²) in [6.07, 6.45) is 0.956. The topological polar surface area (TPSA) is 40.5 Å². The lowest BCUT2D eigenvalue weighted by Crippen LogP contribution is -2.31. The van der Waals surface area contributed by atoms with Crippen LogP contribution in [0, 0.1) is 0 Å². The van der Waals surface area contributed by atoms with Crippen LogP contribution in [0.1, 0.15) is 31.6 Å². The van der Waals surface area contributed by atoms with Gasteiger partial charge in [-0.15, -0.1) is 11.3 Å². The zero-order valence-electron chi connectivity index (χ0n) is 10.1. The van der Waals surface area contributed by atoms with E-state index in [4.69, 9.17) is 5.11 Å². The van der Waals surface area contributed by atoms with E-state index >= 15 is 0 Å². The smallest absolute Gasteiger partial charge is 0.303 e. The summed E-state index contributed by atoms with van der Waals surface area (Å²) in [5, 5.41) is 8.64. The van der Waals surface area contributed by atoms with E-state index < -0.39 is 5.97 Å². The van der Waals surface area contributed by atoms with Crippen molar-refractivity contribution < 1.29 is 9.90 Å². The van der Waals surface area contributed by atoms with Crippen LogP contribution >= 0.6 is 27.3 Å². The molecule has 1 rings (SSSR count). The zero-order valence-corrected chi connectivity index (χ0v) is 12.6. The van der Waals surface area contributed by atoms with E-state index in [0.29, 0.717) is 12.5 Å². The van der Waals surface area contributed by atoms with Crippen LogP contribution in [0.25, 0.3) is 0 Å². The van der Waals surface area contributed by atoms with Crippen LogP contribution < -0.4 is 0 Å². The Kier molecular flexibility index (Phi) is 6.16. The molecule has 0 saturated heterocycles. The number of rotatable bonds is 7. The molecule has 0 aromatic carbocycles. The molecule has 0 saturated carbocycles. The van der Waals surface area contributed by atoms with Crippen molar-refractivity contribution in [3.63, 3.8) is 0 Å². The lowest BCUT2D eigenvalue weighted by atomic mass is 10.2. The SMILES string of the molecule is CC(C)N(CCCC(=O)O)Cc1ccc(Br)s1. The number of hydrogen-bond acceptors (Lipinski definition) is 3. The molecule has 96 valence electrons. The molecule has 0 aliphatic carbocycles. The molecule has 1 N–H and O–H groups in total. The van der Waals surface area contributed by atoms with E-state index in [1.165, 1.54) is 4.88 Å². The van der Waals surface area contributed by atoms with E-state index in [9.17, 15) is 4.79 Å². The zero-order chi connectivity index (χ0) is 12.8. The first-order valence-electron chi connectivity index (χ1n) is 5.69. The Labute approximate surface area is 115 Å². The van der Waals surface area contributed by atoms with Gasteiger partial charge in [-0.3, -0.25) is 9.69 Å². The average molecular weight is 320 g/mol. The highest BCUT2D eigenvalue weighted by atomic mass is 79.9. The Balaban J connectivity index is 2.46. The standard InChI is InChI=1S/C12H18BrNO2S/c1-9(2)14(7-3-4-12(15)16)8-10-5-6-11(13)17-10/h5-6,9H,3-4,7-8H2,1-2H3,(H,15,16). The van der Waals surface area contributed by atoms with Gasteiger partial charge >= 0.3 is 5.97 Å². The van der Waals surface area contributed by atoms with Gasteiger partial charge in [0.2, 0.25) is 0 Å². The van der Waals surface area contributed by atoms with Gasteiger partial charge in [-0.2, -0.15) is 0 Å².